The number of ether oxygens (including phenoxy) is 3. The summed E-state index contributed by atoms with van der Waals surface area (Å²) in [6, 6.07) is 6.08. The van der Waals surface area contributed by atoms with Gasteiger partial charge in [0.2, 0.25) is 0 Å². The van der Waals surface area contributed by atoms with Crippen LogP contribution in [0, 0.1) is 0 Å². The third-order valence-electron chi connectivity index (χ3n) is 4.09. The van der Waals surface area contributed by atoms with Crippen molar-refractivity contribution in [3.05, 3.63) is 39.6 Å². The summed E-state index contributed by atoms with van der Waals surface area (Å²) >= 11 is 1.35. The molecule has 0 saturated carbocycles. The minimum atomic E-state index is -0.155. The van der Waals surface area contributed by atoms with E-state index >= 15 is 0 Å². The molecule has 1 aromatic heterocycles. The third kappa shape index (κ3) is 2.82. The van der Waals surface area contributed by atoms with Gasteiger partial charge in [-0.25, -0.2) is 0 Å². The van der Waals surface area contributed by atoms with Crippen LogP contribution >= 0.6 is 11.3 Å². The number of rotatable bonds is 3. The number of benzene rings is 1. The third-order valence-corrected chi connectivity index (χ3v) is 5.03. The van der Waals surface area contributed by atoms with E-state index in [-0.39, 0.29) is 11.5 Å². The van der Waals surface area contributed by atoms with Crippen molar-refractivity contribution < 1.29 is 19.0 Å². The monoisotopic (exact) mass is 345 g/mol. The molecule has 0 spiro atoms. The highest BCUT2D eigenvalue weighted by Gasteiger charge is 2.30. The molecule has 0 atom stereocenters. The highest BCUT2D eigenvalue weighted by atomic mass is 32.1. The van der Waals surface area contributed by atoms with Gasteiger partial charge in [0.15, 0.2) is 11.5 Å². The lowest BCUT2D eigenvalue weighted by Gasteiger charge is -2.16. The normalized spacial score (nSPS) is 17.1. The van der Waals surface area contributed by atoms with Crippen molar-refractivity contribution in [2.75, 3.05) is 13.2 Å². The van der Waals surface area contributed by atoms with E-state index in [1.54, 1.807) is 0 Å². The van der Waals surface area contributed by atoms with Crippen LogP contribution in [0.3, 0.4) is 0 Å². The maximum absolute atomic E-state index is 12.4. The van der Waals surface area contributed by atoms with Gasteiger partial charge in [0.25, 0.3) is 5.91 Å². The van der Waals surface area contributed by atoms with Gasteiger partial charge in [-0.1, -0.05) is 12.1 Å². The molecule has 2 aliphatic rings. The first-order valence-electron chi connectivity index (χ1n) is 7.98. The molecule has 0 aliphatic carbocycles. The summed E-state index contributed by atoms with van der Waals surface area (Å²) in [7, 11) is 0. The second kappa shape index (κ2) is 5.70. The van der Waals surface area contributed by atoms with E-state index in [2.05, 4.69) is 25.2 Å². The summed E-state index contributed by atoms with van der Waals surface area (Å²) in [4.78, 5) is 13.0. The number of fused-ring (bicyclic) bond motifs is 2. The predicted molar refractivity (Wildman–Crippen MR) is 91.3 cm³/mol. The largest absolute Gasteiger partial charge is 0.487 e. The van der Waals surface area contributed by atoms with Crippen LogP contribution in [0.15, 0.2) is 23.6 Å². The Morgan fingerprint density at radius 1 is 1.25 bits per heavy atom. The van der Waals surface area contributed by atoms with Crippen molar-refractivity contribution in [1.82, 2.24) is 5.32 Å². The summed E-state index contributed by atoms with van der Waals surface area (Å²) < 4.78 is 16.9. The van der Waals surface area contributed by atoms with E-state index in [1.807, 2.05) is 17.5 Å². The first kappa shape index (κ1) is 15.3. The summed E-state index contributed by atoms with van der Waals surface area (Å²) in [5.41, 5.74) is 2.10. The molecular weight excluding hydrogens is 326 g/mol. The Kier molecular flexibility index (Phi) is 3.64. The number of carbonyl (C=O) groups excluding carboxylic acids is 1. The van der Waals surface area contributed by atoms with Crippen molar-refractivity contribution >= 4 is 17.2 Å². The molecule has 3 heterocycles. The van der Waals surface area contributed by atoms with Crippen molar-refractivity contribution in [2.24, 2.45) is 0 Å². The predicted octanol–water partition coefficient (Wildman–Crippen LogP) is 3.16. The molecule has 0 bridgehead atoms. The molecule has 0 unspecified atom stereocenters. The molecule has 6 heteroatoms. The first-order chi connectivity index (χ1) is 11.5. The zero-order valence-electron chi connectivity index (χ0n) is 13.7. The van der Waals surface area contributed by atoms with Crippen LogP contribution in [0.4, 0.5) is 0 Å². The molecule has 1 N–H and O–H groups in total. The van der Waals surface area contributed by atoms with E-state index in [4.69, 9.17) is 14.2 Å². The molecule has 2 aliphatic heterocycles. The molecule has 5 nitrogen and oxygen atoms in total. The zero-order valence-corrected chi connectivity index (χ0v) is 14.5. The van der Waals surface area contributed by atoms with Gasteiger partial charge >= 0.3 is 0 Å². The molecule has 24 heavy (non-hydrogen) atoms. The van der Waals surface area contributed by atoms with Crippen LogP contribution in [-0.2, 0) is 13.0 Å². The fraction of sp³-hybridized carbons (Fsp3) is 0.389. The Hall–Kier alpha value is -2.21. The highest BCUT2D eigenvalue weighted by molar-refractivity contribution is 7.12. The van der Waals surface area contributed by atoms with Crippen molar-refractivity contribution in [3.8, 4) is 17.2 Å². The number of thiophene rings is 1. The highest BCUT2D eigenvalue weighted by Crippen LogP contribution is 2.39. The minimum absolute atomic E-state index is 0.135. The standard InChI is InChI=1S/C18H19NO4S/c1-18(2)8-12-7-11(3-4-13(12)23-18)9-19-17(20)16-15-14(10-24-16)21-5-6-22-15/h3-4,7,10H,5-6,8-9H2,1-2H3,(H,19,20). The maximum atomic E-state index is 12.4. The van der Waals surface area contributed by atoms with Crippen LogP contribution in [-0.4, -0.2) is 24.7 Å². The molecule has 4 rings (SSSR count). The topological polar surface area (TPSA) is 56.8 Å². The average molecular weight is 345 g/mol. The first-order valence-corrected chi connectivity index (χ1v) is 8.86. The number of nitrogens with one attached hydrogen (secondary N) is 1. The SMILES string of the molecule is CC1(C)Cc2cc(CNC(=O)c3scc4c3OCCO4)ccc2O1. The van der Waals surface area contributed by atoms with Crippen molar-refractivity contribution in [2.45, 2.75) is 32.4 Å². The number of hydrogen-bond donors (Lipinski definition) is 1. The van der Waals surface area contributed by atoms with E-state index in [0.29, 0.717) is 36.1 Å². The Balaban J connectivity index is 1.44. The molecular formula is C18H19NO4S. The van der Waals surface area contributed by atoms with Crippen LogP contribution in [0.25, 0.3) is 0 Å². The lowest BCUT2D eigenvalue weighted by atomic mass is 10.0. The summed E-state index contributed by atoms with van der Waals surface area (Å²) in [5.74, 6) is 2.03. The van der Waals surface area contributed by atoms with Gasteiger partial charge in [-0.2, -0.15) is 0 Å². The zero-order chi connectivity index (χ0) is 16.7. The van der Waals surface area contributed by atoms with Gasteiger partial charge in [-0.05, 0) is 31.0 Å². The fourth-order valence-electron chi connectivity index (χ4n) is 3.06. The van der Waals surface area contributed by atoms with E-state index in [0.717, 1.165) is 17.7 Å². The quantitative estimate of drug-likeness (QED) is 0.928. The van der Waals surface area contributed by atoms with Crippen LogP contribution in [0.5, 0.6) is 17.2 Å². The van der Waals surface area contributed by atoms with Crippen LogP contribution in [0.1, 0.15) is 34.6 Å². The van der Waals surface area contributed by atoms with Gasteiger partial charge in [-0.3, -0.25) is 4.79 Å². The minimum Gasteiger partial charge on any atom is -0.487 e. The second-order valence-corrected chi connectivity index (χ2v) is 7.50. The van der Waals surface area contributed by atoms with Gasteiger partial charge < -0.3 is 19.5 Å². The fourth-order valence-corrected chi connectivity index (χ4v) is 3.90. The molecule has 1 amide bonds. The van der Waals surface area contributed by atoms with Crippen molar-refractivity contribution in [3.63, 3.8) is 0 Å². The lowest BCUT2D eigenvalue weighted by Crippen LogP contribution is -2.24. The molecule has 0 radical (unpaired) electrons. The smallest absolute Gasteiger partial charge is 0.265 e. The van der Waals surface area contributed by atoms with Gasteiger partial charge in [-0.15, -0.1) is 11.3 Å². The van der Waals surface area contributed by atoms with E-state index in [9.17, 15) is 4.79 Å². The molecule has 126 valence electrons. The molecule has 1 aromatic carbocycles. The maximum Gasteiger partial charge on any atom is 0.265 e. The number of hydrogen-bond acceptors (Lipinski definition) is 5. The Labute approximate surface area is 144 Å². The Morgan fingerprint density at radius 3 is 2.96 bits per heavy atom. The van der Waals surface area contributed by atoms with Crippen LogP contribution < -0.4 is 19.5 Å². The van der Waals surface area contributed by atoms with Crippen molar-refractivity contribution in [1.29, 1.82) is 0 Å². The summed E-state index contributed by atoms with van der Waals surface area (Å²) in [6.07, 6.45) is 0.883. The van der Waals surface area contributed by atoms with Crippen LogP contribution in [0.2, 0.25) is 0 Å². The summed E-state index contributed by atoms with van der Waals surface area (Å²) in [5, 5.41) is 4.78. The van der Waals surface area contributed by atoms with E-state index in [1.165, 1.54) is 16.9 Å². The molecule has 0 fully saturated rings. The number of amides is 1. The van der Waals surface area contributed by atoms with Gasteiger partial charge in [0.05, 0.1) is 0 Å². The lowest BCUT2D eigenvalue weighted by molar-refractivity contribution is 0.0945. The second-order valence-electron chi connectivity index (χ2n) is 6.62. The summed E-state index contributed by atoms with van der Waals surface area (Å²) in [6.45, 7) is 5.63. The average Bonchev–Trinajstić information content (AvgIpc) is 3.11. The van der Waals surface area contributed by atoms with Gasteiger partial charge in [0.1, 0.15) is 29.4 Å². The van der Waals surface area contributed by atoms with Gasteiger partial charge in [0, 0.05) is 18.3 Å². The Bertz CT molecular complexity index is 796. The molecule has 0 saturated heterocycles. The van der Waals surface area contributed by atoms with E-state index < -0.39 is 0 Å². The molecule has 2 aromatic rings. The number of carbonyl (C=O) groups is 1. The Morgan fingerprint density at radius 2 is 2.08 bits per heavy atom.